The van der Waals surface area contributed by atoms with Crippen LogP contribution in [-0.4, -0.2) is 39.6 Å². The summed E-state index contributed by atoms with van der Waals surface area (Å²) in [6.45, 7) is 3.41. The first-order valence-corrected chi connectivity index (χ1v) is 7.44. The quantitative estimate of drug-likeness (QED) is 0.745. The molecule has 1 unspecified atom stereocenters. The van der Waals surface area contributed by atoms with Crippen LogP contribution in [0.25, 0.3) is 10.9 Å². The summed E-state index contributed by atoms with van der Waals surface area (Å²) in [6.07, 6.45) is 3.97. The highest BCUT2D eigenvalue weighted by Gasteiger charge is 2.23. The van der Waals surface area contributed by atoms with Gasteiger partial charge in [0.2, 0.25) is 0 Å². The predicted octanol–water partition coefficient (Wildman–Crippen LogP) is 1.30. The largest absolute Gasteiger partial charge is 0.361 e. The number of piperidine rings is 1. The van der Waals surface area contributed by atoms with Crippen molar-refractivity contribution in [2.24, 2.45) is 18.7 Å². The molecule has 1 aromatic heterocycles. The fraction of sp³-hybridized carbons (Fsp3) is 0.438. The Morgan fingerprint density at radius 3 is 2.68 bits per heavy atom. The number of hydrogen-bond acceptors (Lipinski definition) is 3. The lowest BCUT2D eigenvalue weighted by molar-refractivity contribution is -0.145. The summed E-state index contributed by atoms with van der Waals surface area (Å²) >= 11 is 0. The molecule has 0 aliphatic carbocycles. The number of rotatable bonds is 0. The molecule has 1 aliphatic rings. The van der Waals surface area contributed by atoms with Crippen molar-refractivity contribution in [3.63, 3.8) is 0 Å². The van der Waals surface area contributed by atoms with Gasteiger partial charge in [0.25, 0.3) is 0 Å². The average molecular weight is 302 g/mol. The van der Waals surface area contributed by atoms with E-state index in [1.54, 1.807) is 0 Å². The van der Waals surface area contributed by atoms with Crippen LogP contribution in [0.3, 0.4) is 0 Å². The highest BCUT2D eigenvalue weighted by atomic mass is 16.2. The van der Waals surface area contributed by atoms with Crippen molar-refractivity contribution in [3.8, 4) is 0 Å². The van der Waals surface area contributed by atoms with Crippen LogP contribution < -0.4 is 5.73 Å². The number of benzene rings is 1. The molecule has 0 bridgehead atoms. The van der Waals surface area contributed by atoms with Crippen LogP contribution in [0.5, 0.6) is 0 Å². The van der Waals surface area contributed by atoms with Crippen LogP contribution in [0.15, 0.2) is 30.5 Å². The van der Waals surface area contributed by atoms with Gasteiger partial charge in [0.1, 0.15) is 0 Å². The molecular weight excluding hydrogens is 280 g/mol. The molecular formula is C16H22N4O2. The van der Waals surface area contributed by atoms with Gasteiger partial charge in [-0.2, -0.15) is 5.10 Å². The number of likely N-dealkylation sites (tertiary alicyclic amines) is 1. The normalized spacial score (nSPS) is 17.7. The van der Waals surface area contributed by atoms with Crippen LogP contribution >= 0.6 is 0 Å². The highest BCUT2D eigenvalue weighted by molar-refractivity contribution is 6.34. The second-order valence-corrected chi connectivity index (χ2v) is 5.69. The Bertz CT molecular complexity index is 665. The molecule has 1 aromatic carbocycles. The molecule has 1 aliphatic heterocycles. The molecule has 1 atom stereocenters. The molecule has 2 aromatic rings. The number of aromatic nitrogens is 2. The van der Waals surface area contributed by atoms with Crippen molar-refractivity contribution < 1.29 is 9.59 Å². The zero-order valence-corrected chi connectivity index (χ0v) is 13.0. The standard InChI is InChI=1S/C8H14N2O2.C8H8N2/c1-6-3-2-4-10(5-6)8(12)7(9)11;1-10-8-5-3-2-4-7(8)6-9-10/h6H,2-5H2,1H3,(H2,9,11);2-6H,1H3. The van der Waals surface area contributed by atoms with Gasteiger partial charge < -0.3 is 10.6 Å². The van der Waals surface area contributed by atoms with Gasteiger partial charge in [-0.3, -0.25) is 14.3 Å². The number of hydrogen-bond donors (Lipinski definition) is 1. The van der Waals surface area contributed by atoms with E-state index in [9.17, 15) is 9.59 Å². The summed E-state index contributed by atoms with van der Waals surface area (Å²) in [5, 5.41) is 5.31. The SMILES string of the molecule is CC1CCCN(C(=O)C(N)=O)C1.Cn1ncc2ccccc21. The number of nitrogens with zero attached hydrogens (tertiary/aromatic N) is 3. The van der Waals surface area contributed by atoms with Gasteiger partial charge in [-0.1, -0.05) is 25.1 Å². The number of aryl methyl sites for hydroxylation is 1. The maximum Gasteiger partial charge on any atom is 0.311 e. The van der Waals surface area contributed by atoms with Crippen molar-refractivity contribution in [1.29, 1.82) is 0 Å². The van der Waals surface area contributed by atoms with Crippen molar-refractivity contribution in [3.05, 3.63) is 30.5 Å². The molecule has 0 spiro atoms. The minimum Gasteiger partial charge on any atom is -0.361 e. The van der Waals surface area contributed by atoms with Crippen molar-refractivity contribution >= 4 is 22.7 Å². The molecule has 0 saturated carbocycles. The van der Waals surface area contributed by atoms with Gasteiger partial charge >= 0.3 is 11.8 Å². The predicted molar refractivity (Wildman–Crippen MR) is 84.9 cm³/mol. The molecule has 2 heterocycles. The summed E-state index contributed by atoms with van der Waals surface area (Å²) in [5.41, 5.74) is 6.06. The van der Waals surface area contributed by atoms with E-state index in [0.717, 1.165) is 12.8 Å². The molecule has 2 amide bonds. The topological polar surface area (TPSA) is 81.2 Å². The second-order valence-electron chi connectivity index (χ2n) is 5.69. The fourth-order valence-electron chi connectivity index (χ4n) is 2.63. The van der Waals surface area contributed by atoms with E-state index in [-0.39, 0.29) is 0 Å². The minimum atomic E-state index is -0.843. The Morgan fingerprint density at radius 2 is 2.05 bits per heavy atom. The molecule has 3 rings (SSSR count). The molecule has 6 nitrogen and oxygen atoms in total. The summed E-state index contributed by atoms with van der Waals surface area (Å²) in [7, 11) is 1.95. The number of para-hydroxylation sites is 1. The summed E-state index contributed by atoms with van der Waals surface area (Å²) < 4.78 is 1.87. The Labute approximate surface area is 129 Å². The Hall–Kier alpha value is -2.37. The molecule has 22 heavy (non-hydrogen) atoms. The van der Waals surface area contributed by atoms with Gasteiger partial charge in [0.05, 0.1) is 11.7 Å². The zero-order chi connectivity index (χ0) is 16.1. The van der Waals surface area contributed by atoms with E-state index < -0.39 is 11.8 Å². The van der Waals surface area contributed by atoms with E-state index in [0.29, 0.717) is 19.0 Å². The third-order valence-electron chi connectivity index (χ3n) is 3.81. The first kappa shape index (κ1) is 16.0. The number of primary amides is 1. The lowest BCUT2D eigenvalue weighted by Gasteiger charge is -2.29. The van der Waals surface area contributed by atoms with Crippen molar-refractivity contribution in [2.75, 3.05) is 13.1 Å². The van der Waals surface area contributed by atoms with Crippen molar-refractivity contribution in [2.45, 2.75) is 19.8 Å². The number of fused-ring (bicyclic) bond motifs is 1. The van der Waals surface area contributed by atoms with E-state index >= 15 is 0 Å². The van der Waals surface area contributed by atoms with Gasteiger partial charge in [0, 0.05) is 25.5 Å². The van der Waals surface area contributed by atoms with E-state index in [2.05, 4.69) is 24.2 Å². The summed E-state index contributed by atoms with van der Waals surface area (Å²) in [6, 6.07) is 8.15. The average Bonchev–Trinajstić information content (AvgIpc) is 2.89. The maximum absolute atomic E-state index is 11.1. The van der Waals surface area contributed by atoms with E-state index in [4.69, 9.17) is 5.73 Å². The monoisotopic (exact) mass is 302 g/mol. The fourth-order valence-corrected chi connectivity index (χ4v) is 2.63. The van der Waals surface area contributed by atoms with Gasteiger partial charge in [-0.25, -0.2) is 0 Å². The van der Waals surface area contributed by atoms with Gasteiger partial charge in [0.15, 0.2) is 0 Å². The van der Waals surface area contributed by atoms with Crippen LogP contribution in [-0.2, 0) is 16.6 Å². The van der Waals surface area contributed by atoms with Crippen LogP contribution in [0.1, 0.15) is 19.8 Å². The molecule has 1 fully saturated rings. The van der Waals surface area contributed by atoms with Gasteiger partial charge in [-0.05, 0) is 24.8 Å². The summed E-state index contributed by atoms with van der Waals surface area (Å²) in [4.78, 5) is 23.2. The Balaban J connectivity index is 0.000000162. The molecule has 2 N–H and O–H groups in total. The number of carbonyl (C=O) groups is 2. The Morgan fingerprint density at radius 1 is 1.32 bits per heavy atom. The second kappa shape index (κ2) is 7.06. The minimum absolute atomic E-state index is 0.488. The maximum atomic E-state index is 11.1. The number of amides is 2. The highest BCUT2D eigenvalue weighted by Crippen LogP contribution is 2.15. The molecule has 6 heteroatoms. The smallest absolute Gasteiger partial charge is 0.311 e. The first-order valence-electron chi connectivity index (χ1n) is 7.44. The van der Waals surface area contributed by atoms with Gasteiger partial charge in [-0.15, -0.1) is 0 Å². The number of carbonyl (C=O) groups excluding carboxylic acids is 2. The van der Waals surface area contributed by atoms with E-state index in [1.165, 1.54) is 15.8 Å². The third kappa shape index (κ3) is 3.84. The zero-order valence-electron chi connectivity index (χ0n) is 13.0. The molecule has 1 saturated heterocycles. The lowest BCUT2D eigenvalue weighted by Crippen LogP contribution is -2.45. The Kier molecular flexibility index (Phi) is 5.14. The first-order chi connectivity index (χ1) is 10.5. The third-order valence-corrected chi connectivity index (χ3v) is 3.81. The lowest BCUT2D eigenvalue weighted by atomic mass is 10.0. The van der Waals surface area contributed by atoms with Crippen LogP contribution in [0, 0.1) is 5.92 Å². The van der Waals surface area contributed by atoms with Crippen LogP contribution in [0.2, 0.25) is 0 Å². The molecule has 118 valence electrons. The number of nitrogens with two attached hydrogens (primary N) is 1. The van der Waals surface area contributed by atoms with Crippen LogP contribution in [0.4, 0.5) is 0 Å². The van der Waals surface area contributed by atoms with Crippen molar-refractivity contribution in [1.82, 2.24) is 14.7 Å². The molecule has 0 radical (unpaired) electrons. The summed E-state index contributed by atoms with van der Waals surface area (Å²) in [5.74, 6) is -0.896. The van der Waals surface area contributed by atoms with E-state index in [1.807, 2.05) is 30.1 Å².